The summed E-state index contributed by atoms with van der Waals surface area (Å²) in [6.45, 7) is 4.77. The third-order valence-electron chi connectivity index (χ3n) is 0.954. The van der Waals surface area contributed by atoms with E-state index in [9.17, 15) is 0 Å². The molecule has 1 N–H and O–H groups in total. The van der Waals surface area contributed by atoms with Gasteiger partial charge in [-0.1, -0.05) is 12.4 Å². The van der Waals surface area contributed by atoms with Gasteiger partial charge in [0.25, 0.3) is 0 Å². The van der Waals surface area contributed by atoms with Gasteiger partial charge in [0.2, 0.25) is 0 Å². The van der Waals surface area contributed by atoms with Gasteiger partial charge in [-0.05, 0) is 20.4 Å². The van der Waals surface area contributed by atoms with Crippen LogP contribution in [0.1, 0.15) is 20.3 Å². The Hall–Kier alpha value is -0.120. The number of nitrogens with zero attached hydrogens (tertiary/aromatic N) is 1. The Morgan fingerprint density at radius 1 is 1.67 bits per heavy atom. The van der Waals surface area contributed by atoms with E-state index in [-0.39, 0.29) is 6.23 Å². The van der Waals surface area contributed by atoms with Gasteiger partial charge >= 0.3 is 0 Å². The zero-order valence-corrected chi connectivity index (χ0v) is 6.35. The normalized spacial score (nSPS) is 13.7. The summed E-state index contributed by atoms with van der Waals surface area (Å²) >= 11 is 0. The SMILES string of the molecule is CCC[N]OC(C)NC. The van der Waals surface area contributed by atoms with Gasteiger partial charge in [0.1, 0.15) is 6.23 Å². The summed E-state index contributed by atoms with van der Waals surface area (Å²) in [7, 11) is 1.84. The van der Waals surface area contributed by atoms with Gasteiger partial charge in [-0.25, -0.2) is 0 Å². The Labute approximate surface area is 56.7 Å². The van der Waals surface area contributed by atoms with Crippen molar-refractivity contribution in [2.45, 2.75) is 26.5 Å². The third-order valence-corrected chi connectivity index (χ3v) is 0.954. The van der Waals surface area contributed by atoms with Crippen molar-refractivity contribution in [3.8, 4) is 0 Å². The largest absolute Gasteiger partial charge is 0.294 e. The van der Waals surface area contributed by atoms with E-state index in [4.69, 9.17) is 4.84 Å². The zero-order chi connectivity index (χ0) is 7.11. The second-order valence-electron chi connectivity index (χ2n) is 1.89. The van der Waals surface area contributed by atoms with Crippen LogP contribution >= 0.6 is 0 Å². The molecule has 1 radical (unpaired) electrons. The molecular weight excluding hydrogens is 116 g/mol. The molecule has 0 amide bonds. The minimum absolute atomic E-state index is 0.0385. The molecule has 0 aromatic rings. The first-order chi connectivity index (χ1) is 4.31. The van der Waals surface area contributed by atoms with Crippen molar-refractivity contribution in [2.75, 3.05) is 13.6 Å². The van der Waals surface area contributed by atoms with Gasteiger partial charge < -0.3 is 0 Å². The lowest BCUT2D eigenvalue weighted by Gasteiger charge is -2.08. The predicted octanol–water partition coefficient (Wildman–Crippen LogP) is 0.498. The van der Waals surface area contributed by atoms with Crippen LogP contribution in [-0.2, 0) is 4.84 Å². The minimum atomic E-state index is 0.0385. The van der Waals surface area contributed by atoms with Crippen LogP contribution in [0.4, 0.5) is 0 Å². The Bertz CT molecular complexity index is 59.0. The fourth-order valence-electron chi connectivity index (χ4n) is 0.308. The predicted molar refractivity (Wildman–Crippen MR) is 36.9 cm³/mol. The van der Waals surface area contributed by atoms with E-state index < -0.39 is 0 Å². The van der Waals surface area contributed by atoms with Crippen LogP contribution in [0.15, 0.2) is 0 Å². The molecule has 1 unspecified atom stereocenters. The molecule has 3 nitrogen and oxygen atoms in total. The fourth-order valence-corrected chi connectivity index (χ4v) is 0.308. The van der Waals surface area contributed by atoms with Crippen LogP contribution in [-0.4, -0.2) is 19.8 Å². The Morgan fingerprint density at radius 2 is 2.33 bits per heavy atom. The van der Waals surface area contributed by atoms with E-state index in [1.807, 2.05) is 14.0 Å². The number of rotatable bonds is 5. The highest BCUT2D eigenvalue weighted by molar-refractivity contribution is 4.36. The van der Waals surface area contributed by atoms with Gasteiger partial charge in [0.05, 0.1) is 0 Å². The highest BCUT2D eigenvalue weighted by Gasteiger charge is 1.95. The molecule has 0 aliphatic carbocycles. The van der Waals surface area contributed by atoms with E-state index in [1.165, 1.54) is 0 Å². The van der Waals surface area contributed by atoms with E-state index in [0.717, 1.165) is 13.0 Å². The van der Waals surface area contributed by atoms with Crippen LogP contribution < -0.4 is 10.8 Å². The zero-order valence-electron chi connectivity index (χ0n) is 6.35. The number of hydroxylamine groups is 1. The lowest BCUT2D eigenvalue weighted by molar-refractivity contribution is -0.0349. The molecular formula is C6H15N2O. The third kappa shape index (κ3) is 5.76. The first kappa shape index (κ1) is 8.88. The Kier molecular flexibility index (Phi) is 5.93. The molecule has 0 saturated heterocycles. The lowest BCUT2D eigenvalue weighted by atomic mass is 10.5. The summed E-state index contributed by atoms with van der Waals surface area (Å²) in [5.74, 6) is 0. The summed E-state index contributed by atoms with van der Waals surface area (Å²) < 4.78 is 0. The summed E-state index contributed by atoms with van der Waals surface area (Å²) in [6, 6.07) is 0. The summed E-state index contributed by atoms with van der Waals surface area (Å²) in [5, 5.41) is 2.91. The van der Waals surface area contributed by atoms with Crippen LogP contribution in [0.2, 0.25) is 0 Å². The molecule has 0 heterocycles. The van der Waals surface area contributed by atoms with Crippen LogP contribution in [0.25, 0.3) is 0 Å². The van der Waals surface area contributed by atoms with E-state index in [1.54, 1.807) is 0 Å². The Morgan fingerprint density at radius 3 is 2.78 bits per heavy atom. The van der Waals surface area contributed by atoms with Crippen LogP contribution in [0, 0.1) is 0 Å². The average Bonchev–Trinajstić information content (AvgIpc) is 1.89. The monoisotopic (exact) mass is 131 g/mol. The maximum absolute atomic E-state index is 4.95. The lowest BCUT2D eigenvalue weighted by Crippen LogP contribution is -2.28. The van der Waals surface area contributed by atoms with Crippen molar-refractivity contribution in [3.63, 3.8) is 0 Å². The molecule has 0 aliphatic heterocycles. The van der Waals surface area contributed by atoms with Gasteiger partial charge in [-0.15, -0.1) is 0 Å². The molecule has 9 heavy (non-hydrogen) atoms. The van der Waals surface area contributed by atoms with Gasteiger partial charge in [-0.2, -0.15) is 0 Å². The van der Waals surface area contributed by atoms with E-state index in [2.05, 4.69) is 17.7 Å². The molecule has 0 bridgehead atoms. The van der Waals surface area contributed by atoms with Crippen molar-refractivity contribution >= 4 is 0 Å². The first-order valence-corrected chi connectivity index (χ1v) is 3.31. The van der Waals surface area contributed by atoms with E-state index in [0.29, 0.717) is 0 Å². The summed E-state index contributed by atoms with van der Waals surface area (Å²) in [4.78, 5) is 4.95. The molecule has 0 rings (SSSR count). The molecule has 0 aromatic carbocycles. The maximum Gasteiger partial charge on any atom is 0.128 e. The molecule has 0 aliphatic rings. The molecule has 0 fully saturated rings. The van der Waals surface area contributed by atoms with E-state index >= 15 is 0 Å². The summed E-state index contributed by atoms with van der Waals surface area (Å²) in [5.41, 5.74) is 3.80. The molecule has 0 saturated carbocycles. The highest BCUT2D eigenvalue weighted by Crippen LogP contribution is 1.80. The van der Waals surface area contributed by atoms with Crippen molar-refractivity contribution in [3.05, 3.63) is 0 Å². The van der Waals surface area contributed by atoms with Crippen LogP contribution in [0.3, 0.4) is 0 Å². The van der Waals surface area contributed by atoms with Crippen molar-refractivity contribution in [1.29, 1.82) is 0 Å². The topological polar surface area (TPSA) is 35.4 Å². The molecule has 55 valence electrons. The van der Waals surface area contributed by atoms with Crippen molar-refractivity contribution in [2.24, 2.45) is 0 Å². The van der Waals surface area contributed by atoms with Gasteiger partial charge in [0.15, 0.2) is 0 Å². The van der Waals surface area contributed by atoms with Gasteiger partial charge in [0, 0.05) is 6.54 Å². The molecule has 0 aromatic heterocycles. The van der Waals surface area contributed by atoms with Crippen LogP contribution in [0.5, 0.6) is 0 Å². The average molecular weight is 131 g/mol. The second kappa shape index (κ2) is 6.01. The fraction of sp³-hybridized carbons (Fsp3) is 1.00. The standard InChI is InChI=1S/C6H15N2O/c1-4-5-8-9-6(2)7-3/h6-7H,4-5H2,1-3H3. The van der Waals surface area contributed by atoms with Crippen molar-refractivity contribution in [1.82, 2.24) is 10.8 Å². The number of nitrogens with one attached hydrogen (secondary N) is 1. The molecule has 1 atom stereocenters. The van der Waals surface area contributed by atoms with Gasteiger partial charge in [-0.3, -0.25) is 10.2 Å². The first-order valence-electron chi connectivity index (χ1n) is 3.31. The quantitative estimate of drug-likeness (QED) is 0.335. The number of hydrogen-bond acceptors (Lipinski definition) is 2. The van der Waals surface area contributed by atoms with Crippen molar-refractivity contribution < 1.29 is 4.84 Å². The highest BCUT2D eigenvalue weighted by atomic mass is 16.7. The maximum atomic E-state index is 4.95. The molecule has 3 heteroatoms. The minimum Gasteiger partial charge on any atom is -0.294 e. The second-order valence-corrected chi connectivity index (χ2v) is 1.89. The number of hydrogen-bond donors (Lipinski definition) is 1. The smallest absolute Gasteiger partial charge is 0.128 e. The molecule has 0 spiro atoms. The Balaban J connectivity index is 2.88. The summed E-state index contributed by atoms with van der Waals surface area (Å²) in [6.07, 6.45) is 1.08.